The summed E-state index contributed by atoms with van der Waals surface area (Å²) in [6, 6.07) is 12.4. The van der Waals surface area contributed by atoms with Crippen LogP contribution in [0.4, 0.5) is 10.5 Å². The molecule has 6 heteroatoms. The molecule has 122 valence electrons. The van der Waals surface area contributed by atoms with Crippen LogP contribution < -0.4 is 14.8 Å². The molecule has 0 aromatic heterocycles. The molecule has 0 aliphatic rings. The van der Waals surface area contributed by atoms with Crippen molar-refractivity contribution in [3.05, 3.63) is 53.1 Å². The molecule has 2 amide bonds. The second kappa shape index (κ2) is 7.74. The van der Waals surface area contributed by atoms with Gasteiger partial charge in [0.2, 0.25) is 0 Å². The molecule has 0 aliphatic heterocycles. The van der Waals surface area contributed by atoms with Gasteiger partial charge in [-0.1, -0.05) is 23.7 Å². The van der Waals surface area contributed by atoms with Gasteiger partial charge in [0, 0.05) is 19.7 Å². The standard InChI is InChI=1S/C17H19ClN2O3/c1-20(11-12-4-6-13(22-2)7-5-12)17(21)19-16-9-8-14(23-3)10-15(16)18/h4-10H,11H2,1-3H3,(H,19,21). The Morgan fingerprint density at radius 1 is 1.09 bits per heavy atom. The minimum absolute atomic E-state index is 0.243. The van der Waals surface area contributed by atoms with Crippen LogP contribution in [0.2, 0.25) is 5.02 Å². The quantitative estimate of drug-likeness (QED) is 0.898. The molecule has 0 unspecified atom stereocenters. The predicted octanol–water partition coefficient (Wildman–Crippen LogP) is 4.02. The molecule has 0 saturated heterocycles. The Kier molecular flexibility index (Phi) is 5.71. The van der Waals surface area contributed by atoms with Crippen molar-refractivity contribution in [1.29, 1.82) is 0 Å². The average Bonchev–Trinajstić information content (AvgIpc) is 2.57. The van der Waals surface area contributed by atoms with Gasteiger partial charge in [-0.2, -0.15) is 0 Å². The fourth-order valence-electron chi connectivity index (χ4n) is 2.01. The van der Waals surface area contributed by atoms with Crippen LogP contribution in [0.5, 0.6) is 11.5 Å². The summed E-state index contributed by atoms with van der Waals surface area (Å²) >= 11 is 6.12. The third-order valence-electron chi connectivity index (χ3n) is 3.34. The largest absolute Gasteiger partial charge is 0.497 e. The van der Waals surface area contributed by atoms with Gasteiger partial charge >= 0.3 is 6.03 Å². The van der Waals surface area contributed by atoms with Crippen LogP contribution in [0.3, 0.4) is 0 Å². The lowest BCUT2D eigenvalue weighted by molar-refractivity contribution is 0.220. The van der Waals surface area contributed by atoms with Gasteiger partial charge in [-0.15, -0.1) is 0 Å². The Hall–Kier alpha value is -2.40. The van der Waals surface area contributed by atoms with E-state index in [4.69, 9.17) is 21.1 Å². The van der Waals surface area contributed by atoms with Crippen LogP contribution >= 0.6 is 11.6 Å². The Morgan fingerprint density at radius 3 is 2.26 bits per heavy atom. The van der Waals surface area contributed by atoms with Crippen LogP contribution in [-0.2, 0) is 6.54 Å². The number of hydrogen-bond donors (Lipinski definition) is 1. The number of carbonyl (C=O) groups excluding carboxylic acids is 1. The summed E-state index contributed by atoms with van der Waals surface area (Å²) in [6.07, 6.45) is 0. The first-order chi connectivity index (χ1) is 11.0. The maximum atomic E-state index is 12.2. The Bertz CT molecular complexity index is 674. The third kappa shape index (κ3) is 4.53. The maximum absolute atomic E-state index is 12.2. The number of anilines is 1. The van der Waals surface area contributed by atoms with Gasteiger partial charge in [0.15, 0.2) is 0 Å². The number of halogens is 1. The number of ether oxygens (including phenoxy) is 2. The average molecular weight is 335 g/mol. The van der Waals surface area contributed by atoms with Crippen molar-refractivity contribution in [2.45, 2.75) is 6.54 Å². The normalized spacial score (nSPS) is 10.1. The number of nitrogens with one attached hydrogen (secondary N) is 1. The van der Waals surface area contributed by atoms with Crippen molar-refractivity contribution < 1.29 is 14.3 Å². The van der Waals surface area contributed by atoms with Crippen molar-refractivity contribution >= 4 is 23.3 Å². The van der Waals surface area contributed by atoms with E-state index in [9.17, 15) is 4.79 Å². The van der Waals surface area contributed by atoms with Crippen LogP contribution in [0.1, 0.15) is 5.56 Å². The number of rotatable bonds is 5. The van der Waals surface area contributed by atoms with Gasteiger partial charge in [0.25, 0.3) is 0 Å². The zero-order chi connectivity index (χ0) is 16.8. The molecule has 0 bridgehead atoms. The van der Waals surface area contributed by atoms with Crippen molar-refractivity contribution in [2.75, 3.05) is 26.6 Å². The number of nitrogens with zero attached hydrogens (tertiary/aromatic N) is 1. The van der Waals surface area contributed by atoms with E-state index in [0.29, 0.717) is 23.0 Å². The molecule has 0 atom stereocenters. The zero-order valence-corrected chi connectivity index (χ0v) is 14.1. The smallest absolute Gasteiger partial charge is 0.321 e. The van der Waals surface area contributed by atoms with E-state index < -0.39 is 0 Å². The SMILES string of the molecule is COc1ccc(CN(C)C(=O)Nc2ccc(OC)cc2Cl)cc1. The summed E-state index contributed by atoms with van der Waals surface area (Å²) in [5.74, 6) is 1.42. The maximum Gasteiger partial charge on any atom is 0.321 e. The summed E-state index contributed by atoms with van der Waals surface area (Å²) in [5, 5.41) is 3.21. The van der Waals surface area contributed by atoms with E-state index in [1.54, 1.807) is 44.4 Å². The Morgan fingerprint density at radius 2 is 1.70 bits per heavy atom. The fourth-order valence-corrected chi connectivity index (χ4v) is 2.23. The molecule has 0 radical (unpaired) electrons. The van der Waals surface area contributed by atoms with Gasteiger partial charge in [-0.05, 0) is 29.8 Å². The third-order valence-corrected chi connectivity index (χ3v) is 3.66. The Labute approximate surface area is 140 Å². The summed E-state index contributed by atoms with van der Waals surface area (Å²) in [7, 11) is 4.90. The highest BCUT2D eigenvalue weighted by atomic mass is 35.5. The number of urea groups is 1. The molecule has 0 fully saturated rings. The van der Waals surface area contributed by atoms with Gasteiger partial charge in [-0.25, -0.2) is 4.79 Å². The summed E-state index contributed by atoms with van der Waals surface area (Å²) < 4.78 is 10.2. The summed E-state index contributed by atoms with van der Waals surface area (Å²) in [5.41, 5.74) is 1.54. The zero-order valence-electron chi connectivity index (χ0n) is 13.3. The Balaban J connectivity index is 1.99. The predicted molar refractivity (Wildman–Crippen MR) is 91.5 cm³/mol. The van der Waals surface area contributed by atoms with E-state index in [2.05, 4.69) is 5.32 Å². The monoisotopic (exact) mass is 334 g/mol. The molecule has 0 saturated carbocycles. The lowest BCUT2D eigenvalue weighted by Gasteiger charge is -2.19. The second-order valence-corrected chi connectivity index (χ2v) is 5.39. The molecule has 5 nitrogen and oxygen atoms in total. The molecular weight excluding hydrogens is 316 g/mol. The highest BCUT2D eigenvalue weighted by molar-refractivity contribution is 6.33. The molecule has 2 rings (SSSR count). The number of benzene rings is 2. The molecule has 23 heavy (non-hydrogen) atoms. The number of hydrogen-bond acceptors (Lipinski definition) is 3. The van der Waals surface area contributed by atoms with Crippen molar-refractivity contribution in [1.82, 2.24) is 4.90 Å². The van der Waals surface area contributed by atoms with Crippen molar-refractivity contribution in [2.24, 2.45) is 0 Å². The van der Waals surface area contributed by atoms with Gasteiger partial charge in [0.05, 0.1) is 24.9 Å². The van der Waals surface area contributed by atoms with Gasteiger partial charge in [-0.3, -0.25) is 0 Å². The molecule has 0 spiro atoms. The summed E-state index contributed by atoms with van der Waals surface area (Å²) in [4.78, 5) is 13.8. The van der Waals surface area contributed by atoms with Crippen LogP contribution in [0.25, 0.3) is 0 Å². The number of amides is 2. The highest BCUT2D eigenvalue weighted by Gasteiger charge is 2.12. The first-order valence-corrected chi connectivity index (χ1v) is 7.40. The van der Waals surface area contributed by atoms with Crippen molar-refractivity contribution in [3.63, 3.8) is 0 Å². The second-order valence-electron chi connectivity index (χ2n) is 4.98. The van der Waals surface area contributed by atoms with E-state index in [0.717, 1.165) is 11.3 Å². The van der Waals surface area contributed by atoms with E-state index >= 15 is 0 Å². The molecule has 2 aromatic carbocycles. The first kappa shape index (κ1) is 17.0. The fraction of sp³-hybridized carbons (Fsp3) is 0.235. The van der Waals surface area contributed by atoms with Crippen LogP contribution in [0, 0.1) is 0 Å². The molecule has 0 aliphatic carbocycles. The van der Waals surface area contributed by atoms with Crippen molar-refractivity contribution in [3.8, 4) is 11.5 Å². The summed E-state index contributed by atoms with van der Waals surface area (Å²) in [6.45, 7) is 0.476. The molecule has 0 heterocycles. The number of methoxy groups -OCH3 is 2. The number of carbonyl (C=O) groups is 1. The molecule has 2 aromatic rings. The molecule has 1 N–H and O–H groups in total. The van der Waals surface area contributed by atoms with E-state index in [1.807, 2.05) is 24.3 Å². The minimum atomic E-state index is -0.243. The van der Waals surface area contributed by atoms with Crippen LogP contribution in [0.15, 0.2) is 42.5 Å². The van der Waals surface area contributed by atoms with Gasteiger partial charge < -0.3 is 19.7 Å². The lowest BCUT2D eigenvalue weighted by atomic mass is 10.2. The highest BCUT2D eigenvalue weighted by Crippen LogP contribution is 2.26. The first-order valence-electron chi connectivity index (χ1n) is 7.02. The van der Waals surface area contributed by atoms with Crippen LogP contribution in [-0.4, -0.2) is 32.2 Å². The lowest BCUT2D eigenvalue weighted by Crippen LogP contribution is -2.30. The van der Waals surface area contributed by atoms with E-state index in [1.165, 1.54) is 0 Å². The topological polar surface area (TPSA) is 50.8 Å². The van der Waals surface area contributed by atoms with E-state index in [-0.39, 0.29) is 6.03 Å². The molecular formula is C17H19ClN2O3. The van der Waals surface area contributed by atoms with Gasteiger partial charge in [0.1, 0.15) is 11.5 Å². The minimum Gasteiger partial charge on any atom is -0.497 e.